The maximum absolute atomic E-state index is 14.1. The first-order chi connectivity index (χ1) is 9.18. The lowest BCUT2D eigenvalue weighted by Gasteiger charge is -2.34. The fraction of sp³-hybridized carbons (Fsp3) is 0.500. The molecule has 0 bridgehead atoms. The lowest BCUT2D eigenvalue weighted by Crippen LogP contribution is -2.47. The van der Waals surface area contributed by atoms with Crippen molar-refractivity contribution in [3.63, 3.8) is 0 Å². The summed E-state index contributed by atoms with van der Waals surface area (Å²) >= 11 is 0. The zero-order valence-electron chi connectivity index (χ0n) is 12.0. The van der Waals surface area contributed by atoms with Crippen LogP contribution in [-0.4, -0.2) is 29.5 Å². The predicted molar refractivity (Wildman–Crippen MR) is 72.3 cm³/mol. The topological polar surface area (TPSA) is 78.8 Å². The highest BCUT2D eigenvalue weighted by atomic mass is 19.1. The highest BCUT2D eigenvalue weighted by molar-refractivity contribution is 5.65. The summed E-state index contributed by atoms with van der Waals surface area (Å²) in [4.78, 5) is 10.9. The van der Waals surface area contributed by atoms with Gasteiger partial charge >= 0.3 is 6.09 Å². The first-order valence-corrected chi connectivity index (χ1v) is 6.18. The SMILES string of the molecule is COc1cccc(C(O)C(NC(=O)O)C(C)(C)C)c1F. The Morgan fingerprint density at radius 1 is 1.40 bits per heavy atom. The molecule has 0 aliphatic rings. The lowest BCUT2D eigenvalue weighted by atomic mass is 9.81. The van der Waals surface area contributed by atoms with E-state index in [1.807, 2.05) is 0 Å². The highest BCUT2D eigenvalue weighted by Gasteiger charge is 2.35. The molecule has 0 fully saturated rings. The van der Waals surface area contributed by atoms with Gasteiger partial charge in [0, 0.05) is 5.56 Å². The van der Waals surface area contributed by atoms with Gasteiger partial charge in [0.25, 0.3) is 0 Å². The minimum atomic E-state index is -1.32. The molecule has 3 N–H and O–H groups in total. The van der Waals surface area contributed by atoms with E-state index >= 15 is 0 Å². The Bertz CT molecular complexity index is 485. The second-order valence-corrected chi connectivity index (χ2v) is 5.60. The van der Waals surface area contributed by atoms with Gasteiger partial charge in [-0.15, -0.1) is 0 Å². The molecule has 2 unspecified atom stereocenters. The molecule has 112 valence electrons. The van der Waals surface area contributed by atoms with Gasteiger partial charge in [-0.25, -0.2) is 9.18 Å². The highest BCUT2D eigenvalue weighted by Crippen LogP contribution is 2.33. The van der Waals surface area contributed by atoms with Crippen molar-refractivity contribution in [1.29, 1.82) is 0 Å². The number of carboxylic acid groups (broad SMARTS) is 1. The maximum atomic E-state index is 14.1. The van der Waals surface area contributed by atoms with Crippen molar-refractivity contribution < 1.29 is 24.1 Å². The van der Waals surface area contributed by atoms with Crippen LogP contribution in [0.2, 0.25) is 0 Å². The van der Waals surface area contributed by atoms with Crippen molar-refractivity contribution in [2.45, 2.75) is 32.9 Å². The Labute approximate surface area is 117 Å². The third-order valence-electron chi connectivity index (χ3n) is 3.06. The number of ether oxygens (including phenoxy) is 1. The number of benzene rings is 1. The van der Waals surface area contributed by atoms with Gasteiger partial charge in [0.1, 0.15) is 6.10 Å². The van der Waals surface area contributed by atoms with E-state index in [9.17, 15) is 14.3 Å². The Morgan fingerprint density at radius 2 is 2.00 bits per heavy atom. The molecule has 0 aliphatic heterocycles. The van der Waals surface area contributed by atoms with Gasteiger partial charge in [-0.2, -0.15) is 0 Å². The number of rotatable bonds is 4. The first-order valence-electron chi connectivity index (χ1n) is 6.18. The van der Waals surface area contributed by atoms with Crippen LogP contribution >= 0.6 is 0 Å². The van der Waals surface area contributed by atoms with E-state index in [1.54, 1.807) is 26.8 Å². The number of hydrogen-bond acceptors (Lipinski definition) is 3. The minimum absolute atomic E-state index is 0.00183. The smallest absolute Gasteiger partial charge is 0.404 e. The standard InChI is InChI=1S/C14H20FNO4/c1-14(2,3)12(16-13(18)19)11(17)8-6-5-7-9(20-4)10(8)15/h5-7,11-12,16-17H,1-4H3,(H,18,19). The second-order valence-electron chi connectivity index (χ2n) is 5.60. The number of carbonyl (C=O) groups is 1. The Hall–Kier alpha value is -1.82. The second kappa shape index (κ2) is 6.09. The van der Waals surface area contributed by atoms with Crippen LogP contribution in [0.15, 0.2) is 18.2 Å². The molecule has 1 aromatic rings. The average Bonchev–Trinajstić information content (AvgIpc) is 2.34. The minimum Gasteiger partial charge on any atom is -0.494 e. The summed E-state index contributed by atoms with van der Waals surface area (Å²) in [6.07, 6.45) is -2.59. The number of hydrogen-bond donors (Lipinski definition) is 3. The van der Waals surface area contributed by atoms with Crippen molar-refractivity contribution in [3.05, 3.63) is 29.6 Å². The molecule has 6 heteroatoms. The van der Waals surface area contributed by atoms with Crippen LogP contribution in [0.25, 0.3) is 0 Å². The van der Waals surface area contributed by atoms with Crippen LogP contribution in [0.3, 0.4) is 0 Å². The normalized spacial score (nSPS) is 14.5. The summed E-state index contributed by atoms with van der Waals surface area (Å²) < 4.78 is 19.0. The number of nitrogens with one attached hydrogen (secondary N) is 1. The number of amides is 1. The van der Waals surface area contributed by atoms with Crippen LogP contribution < -0.4 is 10.1 Å². The molecule has 1 amide bonds. The van der Waals surface area contributed by atoms with Crippen molar-refractivity contribution in [1.82, 2.24) is 5.32 Å². The van der Waals surface area contributed by atoms with Crippen molar-refractivity contribution in [2.75, 3.05) is 7.11 Å². The van der Waals surface area contributed by atoms with Gasteiger partial charge < -0.3 is 20.3 Å². The van der Waals surface area contributed by atoms with Crippen LogP contribution in [0.5, 0.6) is 5.75 Å². The Morgan fingerprint density at radius 3 is 2.45 bits per heavy atom. The third kappa shape index (κ3) is 3.60. The fourth-order valence-corrected chi connectivity index (χ4v) is 2.00. The van der Waals surface area contributed by atoms with Gasteiger partial charge in [-0.1, -0.05) is 32.9 Å². The Balaban J connectivity index is 3.18. The van der Waals surface area contributed by atoms with E-state index in [0.717, 1.165) is 0 Å². The number of methoxy groups -OCH3 is 1. The molecule has 0 aromatic heterocycles. The first kappa shape index (κ1) is 16.2. The zero-order chi connectivity index (χ0) is 15.5. The van der Waals surface area contributed by atoms with Crippen molar-refractivity contribution in [2.24, 2.45) is 5.41 Å². The fourth-order valence-electron chi connectivity index (χ4n) is 2.00. The molecule has 0 saturated carbocycles. The number of halogens is 1. The summed E-state index contributed by atoms with van der Waals surface area (Å²) in [7, 11) is 1.32. The average molecular weight is 285 g/mol. The molecule has 0 heterocycles. The molecule has 5 nitrogen and oxygen atoms in total. The van der Waals surface area contributed by atoms with E-state index in [4.69, 9.17) is 9.84 Å². The summed E-state index contributed by atoms with van der Waals surface area (Å²) in [5, 5.41) is 21.5. The monoisotopic (exact) mass is 285 g/mol. The predicted octanol–water partition coefficient (Wildman–Crippen LogP) is 2.55. The van der Waals surface area contributed by atoms with Gasteiger partial charge in [0.2, 0.25) is 0 Å². The van der Waals surface area contributed by atoms with Gasteiger partial charge in [-0.05, 0) is 11.5 Å². The van der Waals surface area contributed by atoms with E-state index in [-0.39, 0.29) is 11.3 Å². The van der Waals surface area contributed by atoms with E-state index in [2.05, 4.69) is 5.32 Å². The van der Waals surface area contributed by atoms with Crippen LogP contribution in [0.1, 0.15) is 32.4 Å². The van der Waals surface area contributed by atoms with Gasteiger partial charge in [0.05, 0.1) is 13.2 Å². The molecule has 0 spiro atoms. The van der Waals surface area contributed by atoms with Gasteiger partial charge in [0.15, 0.2) is 11.6 Å². The van der Waals surface area contributed by atoms with Gasteiger partial charge in [-0.3, -0.25) is 0 Å². The summed E-state index contributed by atoms with van der Waals surface area (Å²) in [5.41, 5.74) is -0.592. The summed E-state index contributed by atoms with van der Waals surface area (Å²) in [6.45, 7) is 5.28. The van der Waals surface area contributed by atoms with Crippen LogP contribution in [0.4, 0.5) is 9.18 Å². The third-order valence-corrected chi connectivity index (χ3v) is 3.06. The molecule has 1 rings (SSSR count). The maximum Gasteiger partial charge on any atom is 0.404 e. The molecule has 0 saturated heterocycles. The van der Waals surface area contributed by atoms with E-state index < -0.39 is 29.5 Å². The van der Waals surface area contributed by atoms with E-state index in [0.29, 0.717) is 0 Å². The molecule has 20 heavy (non-hydrogen) atoms. The van der Waals surface area contributed by atoms with Crippen LogP contribution in [0, 0.1) is 11.2 Å². The summed E-state index contributed by atoms with van der Waals surface area (Å²) in [5.74, 6) is -0.687. The number of aliphatic hydroxyl groups excluding tert-OH is 1. The molecular weight excluding hydrogens is 265 g/mol. The zero-order valence-corrected chi connectivity index (χ0v) is 12.0. The molecule has 2 atom stereocenters. The van der Waals surface area contributed by atoms with Crippen LogP contribution in [-0.2, 0) is 0 Å². The lowest BCUT2D eigenvalue weighted by molar-refractivity contribution is 0.0656. The molecule has 1 aromatic carbocycles. The molecule has 0 aliphatic carbocycles. The quantitative estimate of drug-likeness (QED) is 0.794. The molecule has 0 radical (unpaired) electrons. The van der Waals surface area contributed by atoms with Crippen molar-refractivity contribution in [3.8, 4) is 5.75 Å². The van der Waals surface area contributed by atoms with Crippen molar-refractivity contribution >= 4 is 6.09 Å². The largest absolute Gasteiger partial charge is 0.494 e. The van der Waals surface area contributed by atoms with E-state index in [1.165, 1.54) is 19.2 Å². The molecular formula is C14H20FNO4. The Kier molecular flexibility index (Phi) is 4.94. The number of aliphatic hydroxyl groups is 1. The summed E-state index contributed by atoms with van der Waals surface area (Å²) in [6, 6.07) is 3.52.